The van der Waals surface area contributed by atoms with Crippen molar-refractivity contribution in [1.29, 1.82) is 0 Å². The summed E-state index contributed by atoms with van der Waals surface area (Å²) in [5.41, 5.74) is 1.78. The van der Waals surface area contributed by atoms with Gasteiger partial charge in [-0.2, -0.15) is 0 Å². The van der Waals surface area contributed by atoms with Crippen LogP contribution in [0.2, 0.25) is 0 Å². The summed E-state index contributed by atoms with van der Waals surface area (Å²) in [6.45, 7) is 0.787. The SMILES string of the molecule is CNCc1ccc(NS(=O)(=O)C2CC2)cc1. The molecule has 2 N–H and O–H groups in total. The van der Waals surface area contributed by atoms with Crippen molar-refractivity contribution in [1.82, 2.24) is 5.32 Å². The van der Waals surface area contributed by atoms with Crippen LogP contribution in [0.1, 0.15) is 18.4 Å². The number of anilines is 1. The Bertz CT molecular complexity index is 449. The molecule has 1 aromatic rings. The van der Waals surface area contributed by atoms with Crippen LogP contribution in [0.4, 0.5) is 5.69 Å². The molecule has 0 heterocycles. The molecule has 1 aliphatic carbocycles. The second-order valence-corrected chi connectivity index (χ2v) is 6.03. The van der Waals surface area contributed by atoms with Crippen LogP contribution < -0.4 is 10.0 Å². The van der Waals surface area contributed by atoms with Crippen LogP contribution >= 0.6 is 0 Å². The van der Waals surface area contributed by atoms with Crippen LogP contribution in [0.25, 0.3) is 0 Å². The Morgan fingerprint density at radius 3 is 2.38 bits per heavy atom. The van der Waals surface area contributed by atoms with Crippen molar-refractivity contribution in [2.24, 2.45) is 0 Å². The lowest BCUT2D eigenvalue weighted by Gasteiger charge is -2.07. The van der Waals surface area contributed by atoms with Crippen LogP contribution in [0.3, 0.4) is 0 Å². The van der Waals surface area contributed by atoms with E-state index in [1.165, 1.54) is 0 Å². The third-order valence-electron chi connectivity index (χ3n) is 2.56. The molecule has 0 bridgehead atoms. The minimum Gasteiger partial charge on any atom is -0.316 e. The molecule has 0 saturated heterocycles. The topological polar surface area (TPSA) is 58.2 Å². The lowest BCUT2D eigenvalue weighted by molar-refractivity contribution is 0.600. The third kappa shape index (κ3) is 2.74. The van der Waals surface area contributed by atoms with E-state index in [4.69, 9.17) is 0 Å². The van der Waals surface area contributed by atoms with Crippen molar-refractivity contribution in [3.63, 3.8) is 0 Å². The normalized spacial score (nSPS) is 16.1. The first kappa shape index (κ1) is 11.4. The van der Waals surface area contributed by atoms with Gasteiger partial charge in [-0.15, -0.1) is 0 Å². The Hall–Kier alpha value is -1.07. The molecule has 5 heteroatoms. The summed E-state index contributed by atoms with van der Waals surface area (Å²) in [7, 11) is -1.25. The Kier molecular flexibility index (Phi) is 3.16. The van der Waals surface area contributed by atoms with Crippen molar-refractivity contribution >= 4 is 15.7 Å². The summed E-state index contributed by atoms with van der Waals surface area (Å²) in [5.74, 6) is 0. The molecule has 1 fully saturated rings. The Labute approximate surface area is 96.1 Å². The smallest absolute Gasteiger partial charge is 0.235 e. The average Bonchev–Trinajstić information content (AvgIpc) is 3.04. The molecular weight excluding hydrogens is 224 g/mol. The van der Waals surface area contributed by atoms with Gasteiger partial charge in [-0.1, -0.05) is 12.1 Å². The van der Waals surface area contributed by atoms with Gasteiger partial charge in [0.05, 0.1) is 5.25 Å². The second-order valence-electron chi connectivity index (χ2n) is 4.07. The highest BCUT2D eigenvalue weighted by atomic mass is 32.2. The zero-order chi connectivity index (χ0) is 11.6. The number of hydrogen-bond acceptors (Lipinski definition) is 3. The molecule has 0 spiro atoms. The zero-order valence-electron chi connectivity index (χ0n) is 9.23. The van der Waals surface area contributed by atoms with E-state index in [-0.39, 0.29) is 5.25 Å². The van der Waals surface area contributed by atoms with Gasteiger partial charge < -0.3 is 5.32 Å². The van der Waals surface area contributed by atoms with Crippen LogP contribution in [-0.4, -0.2) is 20.7 Å². The summed E-state index contributed by atoms with van der Waals surface area (Å²) in [5, 5.41) is 2.86. The number of benzene rings is 1. The highest BCUT2D eigenvalue weighted by molar-refractivity contribution is 7.93. The Balaban J connectivity index is 2.04. The van der Waals surface area contributed by atoms with Gasteiger partial charge in [-0.25, -0.2) is 8.42 Å². The van der Waals surface area contributed by atoms with Gasteiger partial charge in [0.1, 0.15) is 0 Å². The van der Waals surface area contributed by atoms with Crippen LogP contribution in [0.15, 0.2) is 24.3 Å². The van der Waals surface area contributed by atoms with E-state index in [0.29, 0.717) is 5.69 Å². The molecule has 2 rings (SSSR count). The van der Waals surface area contributed by atoms with E-state index in [0.717, 1.165) is 24.9 Å². The molecule has 1 aliphatic rings. The molecular formula is C11H16N2O2S. The molecule has 0 aliphatic heterocycles. The van der Waals surface area contributed by atoms with E-state index >= 15 is 0 Å². The number of hydrogen-bond donors (Lipinski definition) is 2. The molecule has 0 amide bonds. The fourth-order valence-corrected chi connectivity index (χ4v) is 2.91. The summed E-state index contributed by atoms with van der Waals surface area (Å²) in [6, 6.07) is 7.43. The van der Waals surface area contributed by atoms with Gasteiger partial charge in [-0.3, -0.25) is 4.72 Å². The molecule has 16 heavy (non-hydrogen) atoms. The van der Waals surface area contributed by atoms with E-state index in [2.05, 4.69) is 10.0 Å². The van der Waals surface area contributed by atoms with Crippen molar-refractivity contribution in [2.45, 2.75) is 24.6 Å². The van der Waals surface area contributed by atoms with Crippen LogP contribution in [-0.2, 0) is 16.6 Å². The fraction of sp³-hybridized carbons (Fsp3) is 0.455. The first-order valence-electron chi connectivity index (χ1n) is 5.37. The molecule has 88 valence electrons. The number of rotatable bonds is 5. The molecule has 0 atom stereocenters. The Morgan fingerprint density at radius 1 is 1.25 bits per heavy atom. The van der Waals surface area contributed by atoms with Gasteiger partial charge in [0.2, 0.25) is 10.0 Å². The molecule has 0 radical (unpaired) electrons. The zero-order valence-corrected chi connectivity index (χ0v) is 10.0. The summed E-state index contributed by atoms with van der Waals surface area (Å²) >= 11 is 0. The summed E-state index contributed by atoms with van der Waals surface area (Å²) < 4.78 is 25.9. The molecule has 1 aromatic carbocycles. The van der Waals surface area contributed by atoms with Crippen molar-refractivity contribution in [3.8, 4) is 0 Å². The predicted molar refractivity (Wildman–Crippen MR) is 64.8 cm³/mol. The maximum absolute atomic E-state index is 11.6. The van der Waals surface area contributed by atoms with Gasteiger partial charge >= 0.3 is 0 Å². The fourth-order valence-electron chi connectivity index (χ4n) is 1.52. The van der Waals surface area contributed by atoms with Gasteiger partial charge in [0.25, 0.3) is 0 Å². The lowest BCUT2D eigenvalue weighted by atomic mass is 10.2. The highest BCUT2D eigenvalue weighted by Crippen LogP contribution is 2.29. The maximum atomic E-state index is 11.6. The van der Waals surface area contributed by atoms with Crippen LogP contribution in [0.5, 0.6) is 0 Å². The second kappa shape index (κ2) is 4.43. The average molecular weight is 240 g/mol. The summed E-state index contributed by atoms with van der Waals surface area (Å²) in [6.07, 6.45) is 1.57. The molecule has 0 unspecified atom stereocenters. The predicted octanol–water partition coefficient (Wildman–Crippen LogP) is 1.31. The van der Waals surface area contributed by atoms with Crippen molar-refractivity contribution in [2.75, 3.05) is 11.8 Å². The number of sulfonamides is 1. The molecule has 4 nitrogen and oxygen atoms in total. The maximum Gasteiger partial charge on any atom is 0.235 e. The van der Waals surface area contributed by atoms with E-state index in [9.17, 15) is 8.42 Å². The molecule has 0 aromatic heterocycles. The van der Waals surface area contributed by atoms with E-state index in [1.807, 2.05) is 19.2 Å². The van der Waals surface area contributed by atoms with Crippen molar-refractivity contribution < 1.29 is 8.42 Å². The summed E-state index contributed by atoms with van der Waals surface area (Å²) in [4.78, 5) is 0. The largest absolute Gasteiger partial charge is 0.316 e. The van der Waals surface area contributed by atoms with Gasteiger partial charge in [0, 0.05) is 12.2 Å². The third-order valence-corrected chi connectivity index (χ3v) is 4.43. The van der Waals surface area contributed by atoms with E-state index in [1.54, 1.807) is 12.1 Å². The quantitative estimate of drug-likeness (QED) is 0.816. The van der Waals surface area contributed by atoms with E-state index < -0.39 is 10.0 Å². The number of nitrogens with one attached hydrogen (secondary N) is 2. The van der Waals surface area contributed by atoms with Crippen LogP contribution in [0, 0.1) is 0 Å². The minimum absolute atomic E-state index is 0.176. The monoisotopic (exact) mass is 240 g/mol. The lowest BCUT2D eigenvalue weighted by Crippen LogP contribution is -2.17. The first-order chi connectivity index (χ1) is 7.62. The Morgan fingerprint density at radius 2 is 1.88 bits per heavy atom. The minimum atomic E-state index is -3.13. The standard InChI is InChI=1S/C11H16N2O2S/c1-12-8-9-2-4-10(5-3-9)13-16(14,15)11-6-7-11/h2-5,11-13H,6-8H2,1H3. The van der Waals surface area contributed by atoms with Gasteiger partial charge in [0.15, 0.2) is 0 Å². The molecule has 1 saturated carbocycles. The highest BCUT2D eigenvalue weighted by Gasteiger charge is 2.35. The van der Waals surface area contributed by atoms with Crippen molar-refractivity contribution in [3.05, 3.63) is 29.8 Å². The van der Waals surface area contributed by atoms with Gasteiger partial charge in [-0.05, 0) is 37.6 Å². The first-order valence-corrected chi connectivity index (χ1v) is 6.91.